The largest absolute Gasteiger partial charge is 0.496 e. The number of ether oxygens (including phenoxy) is 1. The van der Waals surface area contributed by atoms with E-state index in [0.29, 0.717) is 17.3 Å². The lowest BCUT2D eigenvalue weighted by Crippen LogP contribution is -2.00. The molecule has 0 aliphatic carbocycles. The number of methoxy groups -OCH3 is 1. The molecule has 2 N–H and O–H groups in total. The Labute approximate surface area is 99.7 Å². The molecule has 0 aliphatic rings. The smallest absolute Gasteiger partial charge is 0.185 e. The molecule has 0 amide bonds. The fourth-order valence-electron chi connectivity index (χ4n) is 1.47. The number of aromatic nitrogens is 3. The molecule has 0 saturated heterocycles. The number of aryl methyl sites for hydroxylation is 2. The highest BCUT2D eigenvalue weighted by Crippen LogP contribution is 2.29. The molecule has 1 aromatic heterocycles. The molecule has 0 aliphatic heterocycles. The molecule has 88 valence electrons. The zero-order valence-electron chi connectivity index (χ0n) is 10.1. The first kappa shape index (κ1) is 11.3. The lowest BCUT2D eigenvalue weighted by Gasteiger charge is -2.08. The Kier molecular flexibility index (Phi) is 2.91. The van der Waals surface area contributed by atoms with E-state index in [1.54, 1.807) is 25.3 Å². The molecule has 5 nitrogen and oxygen atoms in total. The molecule has 17 heavy (non-hydrogen) atoms. The molecule has 0 saturated carbocycles. The second-order valence-electron chi connectivity index (χ2n) is 3.77. The van der Waals surface area contributed by atoms with E-state index < -0.39 is 0 Å². The monoisotopic (exact) mass is 230 g/mol. The quantitative estimate of drug-likeness (QED) is 0.795. The minimum Gasteiger partial charge on any atom is -0.496 e. The summed E-state index contributed by atoms with van der Waals surface area (Å²) in [5.41, 5.74) is 8.81. The molecule has 2 aromatic rings. The lowest BCUT2D eigenvalue weighted by molar-refractivity contribution is 0.416. The average Bonchev–Trinajstić information content (AvgIpc) is 2.32. The summed E-state index contributed by atoms with van der Waals surface area (Å²) in [4.78, 5) is 4.38. The number of nitrogens with zero attached hydrogens (tertiary/aromatic N) is 3. The topological polar surface area (TPSA) is 73.9 Å². The summed E-state index contributed by atoms with van der Waals surface area (Å²) < 4.78 is 5.26. The summed E-state index contributed by atoms with van der Waals surface area (Å²) in [5, 5.41) is 8.11. The summed E-state index contributed by atoms with van der Waals surface area (Å²) >= 11 is 0. The molecule has 0 unspecified atom stereocenters. The minimum absolute atomic E-state index is 0.525. The van der Waals surface area contributed by atoms with Crippen LogP contribution in [0.3, 0.4) is 0 Å². The standard InChI is InChI=1S/C12H14N4O/c1-7-8(2)15-16-12(14-7)10-6-9(13)4-5-11(10)17-3/h4-6H,13H2,1-3H3. The van der Waals surface area contributed by atoms with Crippen LogP contribution in [0.5, 0.6) is 5.75 Å². The van der Waals surface area contributed by atoms with Gasteiger partial charge in [0.05, 0.1) is 24.1 Å². The molecule has 0 fully saturated rings. The fraction of sp³-hybridized carbons (Fsp3) is 0.250. The minimum atomic E-state index is 0.525. The van der Waals surface area contributed by atoms with Gasteiger partial charge in [-0.3, -0.25) is 0 Å². The number of nitrogens with two attached hydrogens (primary N) is 1. The number of hydrogen-bond donors (Lipinski definition) is 1. The van der Waals surface area contributed by atoms with Gasteiger partial charge in [-0.2, -0.15) is 5.10 Å². The first-order valence-corrected chi connectivity index (χ1v) is 5.23. The van der Waals surface area contributed by atoms with Crippen molar-refractivity contribution in [1.29, 1.82) is 0 Å². The molecule has 0 radical (unpaired) electrons. The van der Waals surface area contributed by atoms with Gasteiger partial charge in [-0.25, -0.2) is 4.98 Å². The number of benzene rings is 1. The third kappa shape index (κ3) is 2.18. The van der Waals surface area contributed by atoms with E-state index in [1.165, 1.54) is 0 Å². The highest BCUT2D eigenvalue weighted by Gasteiger charge is 2.10. The van der Waals surface area contributed by atoms with Gasteiger partial charge in [0.25, 0.3) is 0 Å². The highest BCUT2D eigenvalue weighted by molar-refractivity contribution is 5.68. The molecule has 5 heteroatoms. The number of nitrogen functional groups attached to an aromatic ring is 1. The van der Waals surface area contributed by atoms with Crippen molar-refractivity contribution in [3.8, 4) is 17.1 Å². The second-order valence-corrected chi connectivity index (χ2v) is 3.77. The van der Waals surface area contributed by atoms with E-state index in [2.05, 4.69) is 15.2 Å². The van der Waals surface area contributed by atoms with Crippen molar-refractivity contribution in [2.24, 2.45) is 0 Å². The SMILES string of the molecule is COc1ccc(N)cc1-c1nnc(C)c(C)n1. The maximum absolute atomic E-state index is 5.76. The van der Waals surface area contributed by atoms with Crippen LogP contribution in [-0.2, 0) is 0 Å². The van der Waals surface area contributed by atoms with E-state index in [0.717, 1.165) is 17.0 Å². The van der Waals surface area contributed by atoms with Gasteiger partial charge >= 0.3 is 0 Å². The predicted molar refractivity (Wildman–Crippen MR) is 65.7 cm³/mol. The fourth-order valence-corrected chi connectivity index (χ4v) is 1.47. The van der Waals surface area contributed by atoms with Crippen molar-refractivity contribution < 1.29 is 4.74 Å². The zero-order chi connectivity index (χ0) is 12.4. The van der Waals surface area contributed by atoms with E-state index in [4.69, 9.17) is 10.5 Å². The van der Waals surface area contributed by atoms with Crippen LogP contribution in [0, 0.1) is 13.8 Å². The normalized spacial score (nSPS) is 10.3. The molecule has 0 atom stereocenters. The van der Waals surface area contributed by atoms with Crippen LogP contribution >= 0.6 is 0 Å². The first-order chi connectivity index (χ1) is 8.11. The van der Waals surface area contributed by atoms with Crippen molar-refractivity contribution in [2.75, 3.05) is 12.8 Å². The van der Waals surface area contributed by atoms with E-state index in [-0.39, 0.29) is 0 Å². The van der Waals surface area contributed by atoms with Crippen LogP contribution in [0.1, 0.15) is 11.4 Å². The Bertz CT molecular complexity index is 554. The van der Waals surface area contributed by atoms with Crippen molar-refractivity contribution >= 4 is 5.69 Å². The summed E-state index contributed by atoms with van der Waals surface area (Å²) in [7, 11) is 1.60. The van der Waals surface area contributed by atoms with E-state index in [9.17, 15) is 0 Å². The van der Waals surface area contributed by atoms with Crippen LogP contribution in [0.15, 0.2) is 18.2 Å². The molecule has 0 bridgehead atoms. The summed E-state index contributed by atoms with van der Waals surface area (Å²) in [6, 6.07) is 5.35. The molecule has 1 aromatic carbocycles. The van der Waals surface area contributed by atoms with Crippen LogP contribution in [-0.4, -0.2) is 22.3 Å². The van der Waals surface area contributed by atoms with Crippen LogP contribution in [0.2, 0.25) is 0 Å². The van der Waals surface area contributed by atoms with Crippen LogP contribution in [0.4, 0.5) is 5.69 Å². The van der Waals surface area contributed by atoms with Gasteiger partial charge in [0.15, 0.2) is 5.82 Å². The summed E-state index contributed by atoms with van der Waals surface area (Å²) in [6.45, 7) is 3.77. The number of hydrogen-bond acceptors (Lipinski definition) is 5. The molecule has 0 spiro atoms. The van der Waals surface area contributed by atoms with Crippen LogP contribution < -0.4 is 10.5 Å². The van der Waals surface area contributed by atoms with Gasteiger partial charge in [0, 0.05) is 5.69 Å². The average molecular weight is 230 g/mol. The first-order valence-electron chi connectivity index (χ1n) is 5.23. The Balaban J connectivity index is 2.58. The third-order valence-corrected chi connectivity index (χ3v) is 2.56. The second kappa shape index (κ2) is 4.37. The maximum Gasteiger partial charge on any atom is 0.185 e. The van der Waals surface area contributed by atoms with Crippen LogP contribution in [0.25, 0.3) is 11.4 Å². The van der Waals surface area contributed by atoms with Crippen molar-refractivity contribution in [2.45, 2.75) is 13.8 Å². The Morgan fingerprint density at radius 3 is 2.53 bits per heavy atom. The summed E-state index contributed by atoms with van der Waals surface area (Å²) in [6.07, 6.45) is 0. The van der Waals surface area contributed by atoms with Gasteiger partial charge in [-0.15, -0.1) is 5.10 Å². The predicted octanol–water partition coefficient (Wildman–Crippen LogP) is 1.75. The number of rotatable bonds is 2. The van der Waals surface area contributed by atoms with Gasteiger partial charge in [-0.05, 0) is 32.0 Å². The van der Waals surface area contributed by atoms with Crippen molar-refractivity contribution in [1.82, 2.24) is 15.2 Å². The Hall–Kier alpha value is -2.17. The van der Waals surface area contributed by atoms with Gasteiger partial charge in [0.1, 0.15) is 5.75 Å². The molecule has 2 rings (SSSR count). The molecule has 1 heterocycles. The van der Waals surface area contributed by atoms with Gasteiger partial charge in [-0.1, -0.05) is 0 Å². The van der Waals surface area contributed by atoms with Gasteiger partial charge < -0.3 is 10.5 Å². The maximum atomic E-state index is 5.76. The van der Waals surface area contributed by atoms with Crippen molar-refractivity contribution in [3.05, 3.63) is 29.6 Å². The van der Waals surface area contributed by atoms with E-state index >= 15 is 0 Å². The summed E-state index contributed by atoms with van der Waals surface area (Å²) in [5.74, 6) is 1.21. The highest BCUT2D eigenvalue weighted by atomic mass is 16.5. The Morgan fingerprint density at radius 2 is 1.88 bits per heavy atom. The zero-order valence-corrected chi connectivity index (χ0v) is 10.1. The van der Waals surface area contributed by atoms with Crippen molar-refractivity contribution in [3.63, 3.8) is 0 Å². The Morgan fingerprint density at radius 1 is 1.12 bits per heavy atom. The third-order valence-electron chi connectivity index (χ3n) is 2.56. The van der Waals surface area contributed by atoms with E-state index in [1.807, 2.05) is 13.8 Å². The number of anilines is 1. The van der Waals surface area contributed by atoms with Gasteiger partial charge in [0.2, 0.25) is 0 Å². The molecular weight excluding hydrogens is 216 g/mol. The lowest BCUT2D eigenvalue weighted by atomic mass is 10.1. The molecular formula is C12H14N4O.